The lowest BCUT2D eigenvalue weighted by Gasteiger charge is -2.18. The minimum Gasteiger partial charge on any atom is -0.508 e. The molecule has 1 atom stereocenters. The number of hydrogen-bond donors (Lipinski definition) is 2. The maximum atomic E-state index is 12.0. The van der Waals surface area contributed by atoms with Crippen molar-refractivity contribution in [3.8, 4) is 5.75 Å². The molecule has 7 heteroatoms. The van der Waals surface area contributed by atoms with Crippen molar-refractivity contribution in [3.63, 3.8) is 0 Å². The Labute approximate surface area is 129 Å². The molecule has 1 amide bonds. The van der Waals surface area contributed by atoms with Gasteiger partial charge in [-0.25, -0.2) is 4.79 Å². The molecule has 0 fully saturated rings. The fourth-order valence-electron chi connectivity index (χ4n) is 1.72. The van der Waals surface area contributed by atoms with E-state index in [1.807, 2.05) is 0 Å². The molecule has 0 aliphatic rings. The first-order valence-electron chi connectivity index (χ1n) is 6.90. The highest BCUT2D eigenvalue weighted by Crippen LogP contribution is 2.19. The van der Waals surface area contributed by atoms with Gasteiger partial charge >= 0.3 is 5.97 Å². The van der Waals surface area contributed by atoms with E-state index in [0.717, 1.165) is 0 Å². The number of carbonyl (C=O) groups excluding carboxylic acids is 2. The molecule has 0 unspecified atom stereocenters. The van der Waals surface area contributed by atoms with Gasteiger partial charge in [-0.3, -0.25) is 4.79 Å². The summed E-state index contributed by atoms with van der Waals surface area (Å²) < 4.78 is 14.8. The van der Waals surface area contributed by atoms with Crippen LogP contribution in [0.25, 0.3) is 0 Å². The largest absolute Gasteiger partial charge is 0.508 e. The van der Waals surface area contributed by atoms with Gasteiger partial charge in [0, 0.05) is 7.11 Å². The average Bonchev–Trinajstić information content (AvgIpc) is 2.49. The van der Waals surface area contributed by atoms with E-state index in [1.165, 1.54) is 19.2 Å². The maximum absolute atomic E-state index is 12.0. The van der Waals surface area contributed by atoms with Gasteiger partial charge in [-0.05, 0) is 24.6 Å². The zero-order valence-electron chi connectivity index (χ0n) is 12.7. The summed E-state index contributed by atoms with van der Waals surface area (Å²) in [5.74, 6) is -1.06. The first-order valence-corrected chi connectivity index (χ1v) is 6.90. The molecule has 1 aromatic rings. The Morgan fingerprint density at radius 3 is 2.73 bits per heavy atom. The molecule has 0 aliphatic heterocycles. The molecule has 0 aliphatic carbocycles. The third-order valence-electron chi connectivity index (χ3n) is 2.70. The highest BCUT2D eigenvalue weighted by Gasteiger charge is 2.24. The zero-order chi connectivity index (χ0) is 16.4. The van der Waals surface area contributed by atoms with Crippen molar-refractivity contribution in [1.29, 1.82) is 0 Å². The van der Waals surface area contributed by atoms with Crippen LogP contribution in [0.1, 0.15) is 18.5 Å². The minimum absolute atomic E-state index is 0.00241. The van der Waals surface area contributed by atoms with Crippen molar-refractivity contribution in [2.24, 2.45) is 0 Å². The first kappa shape index (κ1) is 17.9. The second-order valence-corrected chi connectivity index (χ2v) is 4.39. The second kappa shape index (κ2) is 9.75. The Bertz CT molecular complexity index is 491. The number of carbonyl (C=O) groups is 2. The lowest BCUT2D eigenvalue weighted by Crippen LogP contribution is -2.37. The monoisotopic (exact) mass is 311 g/mol. The summed E-state index contributed by atoms with van der Waals surface area (Å²) >= 11 is 0. The van der Waals surface area contributed by atoms with Crippen LogP contribution in [0, 0.1) is 0 Å². The molecule has 0 saturated carbocycles. The number of benzene rings is 1. The number of ether oxygens (including phenoxy) is 3. The molecule has 122 valence electrons. The number of esters is 1. The Hall–Kier alpha value is -2.12. The molecular formula is C15H21NO6. The third-order valence-corrected chi connectivity index (χ3v) is 2.70. The van der Waals surface area contributed by atoms with Crippen LogP contribution in [0.5, 0.6) is 5.75 Å². The number of amides is 1. The molecule has 0 saturated heterocycles. The van der Waals surface area contributed by atoms with Crippen LogP contribution in [0.2, 0.25) is 0 Å². The smallest absolute Gasteiger partial charge is 0.333 e. The van der Waals surface area contributed by atoms with E-state index in [9.17, 15) is 14.7 Å². The SMILES string of the molecule is CCOC(=O)[C@@H](NC(=O)COCCOC)c1cccc(O)c1. The first-order chi connectivity index (χ1) is 10.6. The molecule has 0 bridgehead atoms. The molecule has 0 heterocycles. The summed E-state index contributed by atoms with van der Waals surface area (Å²) in [6.45, 7) is 2.32. The molecule has 0 aromatic heterocycles. The van der Waals surface area contributed by atoms with E-state index in [0.29, 0.717) is 12.2 Å². The van der Waals surface area contributed by atoms with Crippen LogP contribution < -0.4 is 5.32 Å². The molecule has 7 nitrogen and oxygen atoms in total. The van der Waals surface area contributed by atoms with Crippen LogP contribution in [0.4, 0.5) is 0 Å². The number of methoxy groups -OCH3 is 1. The number of rotatable bonds is 9. The standard InChI is InChI=1S/C15H21NO6/c1-3-22-15(19)14(11-5-4-6-12(17)9-11)16-13(18)10-21-8-7-20-2/h4-6,9,14,17H,3,7-8,10H2,1-2H3,(H,16,18)/t14-/m0/s1. The lowest BCUT2D eigenvalue weighted by atomic mass is 10.1. The molecule has 0 spiro atoms. The Kier molecular flexibility index (Phi) is 7.95. The minimum atomic E-state index is -0.995. The number of hydrogen-bond acceptors (Lipinski definition) is 6. The Morgan fingerprint density at radius 2 is 2.09 bits per heavy atom. The molecular weight excluding hydrogens is 290 g/mol. The van der Waals surface area contributed by atoms with Crippen LogP contribution >= 0.6 is 0 Å². The summed E-state index contributed by atoms with van der Waals surface area (Å²) in [6.07, 6.45) is 0. The van der Waals surface area contributed by atoms with Crippen LogP contribution in [-0.2, 0) is 23.8 Å². The van der Waals surface area contributed by atoms with Crippen molar-refractivity contribution in [2.75, 3.05) is 33.5 Å². The Morgan fingerprint density at radius 1 is 1.32 bits per heavy atom. The van der Waals surface area contributed by atoms with Gasteiger partial charge < -0.3 is 24.6 Å². The quantitative estimate of drug-likeness (QED) is 0.517. The lowest BCUT2D eigenvalue weighted by molar-refractivity contribution is -0.148. The van der Waals surface area contributed by atoms with Gasteiger partial charge in [0.1, 0.15) is 12.4 Å². The summed E-state index contributed by atoms with van der Waals surface area (Å²) in [6, 6.07) is 5.08. The average molecular weight is 311 g/mol. The van der Waals surface area contributed by atoms with E-state index >= 15 is 0 Å². The van der Waals surface area contributed by atoms with Crippen molar-refractivity contribution < 1.29 is 28.9 Å². The molecule has 22 heavy (non-hydrogen) atoms. The summed E-state index contributed by atoms with van der Waals surface area (Å²) in [5, 5.41) is 12.0. The van der Waals surface area contributed by atoms with Crippen LogP contribution in [0.3, 0.4) is 0 Å². The van der Waals surface area contributed by atoms with Gasteiger partial charge in [0.05, 0.1) is 19.8 Å². The van der Waals surface area contributed by atoms with E-state index < -0.39 is 17.9 Å². The predicted molar refractivity (Wildman–Crippen MR) is 78.3 cm³/mol. The molecule has 1 rings (SSSR count). The Balaban J connectivity index is 2.70. The van der Waals surface area contributed by atoms with Gasteiger partial charge in [0.25, 0.3) is 0 Å². The van der Waals surface area contributed by atoms with Crippen molar-refractivity contribution >= 4 is 11.9 Å². The highest BCUT2D eigenvalue weighted by atomic mass is 16.5. The zero-order valence-corrected chi connectivity index (χ0v) is 12.7. The second-order valence-electron chi connectivity index (χ2n) is 4.39. The van der Waals surface area contributed by atoms with Crippen LogP contribution in [-0.4, -0.2) is 50.5 Å². The molecule has 1 aromatic carbocycles. The summed E-state index contributed by atoms with van der Waals surface area (Å²) in [5.41, 5.74) is 0.434. The van der Waals surface area contributed by atoms with Gasteiger partial charge in [-0.15, -0.1) is 0 Å². The van der Waals surface area contributed by atoms with Crippen LogP contribution in [0.15, 0.2) is 24.3 Å². The van der Waals surface area contributed by atoms with Gasteiger partial charge in [-0.1, -0.05) is 12.1 Å². The molecule has 2 N–H and O–H groups in total. The third kappa shape index (κ3) is 6.11. The predicted octanol–water partition coefficient (Wildman–Crippen LogP) is 0.776. The highest BCUT2D eigenvalue weighted by molar-refractivity contribution is 5.86. The number of phenols is 1. The van der Waals surface area contributed by atoms with E-state index in [-0.39, 0.29) is 25.6 Å². The fraction of sp³-hybridized carbons (Fsp3) is 0.467. The van der Waals surface area contributed by atoms with E-state index in [4.69, 9.17) is 14.2 Å². The van der Waals surface area contributed by atoms with Gasteiger partial charge in [0.2, 0.25) is 5.91 Å². The van der Waals surface area contributed by atoms with Gasteiger partial charge in [0.15, 0.2) is 6.04 Å². The fourth-order valence-corrected chi connectivity index (χ4v) is 1.72. The summed E-state index contributed by atoms with van der Waals surface area (Å²) in [4.78, 5) is 23.8. The topological polar surface area (TPSA) is 94.1 Å². The van der Waals surface area contributed by atoms with E-state index in [1.54, 1.807) is 19.1 Å². The van der Waals surface area contributed by atoms with Crippen molar-refractivity contribution in [2.45, 2.75) is 13.0 Å². The van der Waals surface area contributed by atoms with Crippen molar-refractivity contribution in [3.05, 3.63) is 29.8 Å². The summed E-state index contributed by atoms with van der Waals surface area (Å²) in [7, 11) is 1.53. The normalized spacial score (nSPS) is 11.7. The number of aromatic hydroxyl groups is 1. The van der Waals surface area contributed by atoms with E-state index in [2.05, 4.69) is 5.32 Å². The number of nitrogens with one attached hydrogen (secondary N) is 1. The van der Waals surface area contributed by atoms with Crippen molar-refractivity contribution in [1.82, 2.24) is 5.32 Å². The van der Waals surface area contributed by atoms with Gasteiger partial charge in [-0.2, -0.15) is 0 Å². The molecule has 0 radical (unpaired) electrons. The number of phenolic OH excluding ortho intramolecular Hbond substituents is 1. The maximum Gasteiger partial charge on any atom is 0.333 e.